The number of anilines is 1. The molecule has 0 saturated heterocycles. The van der Waals surface area contributed by atoms with E-state index in [1.54, 1.807) is 11.9 Å². The highest BCUT2D eigenvalue weighted by Crippen LogP contribution is 2.14. The highest BCUT2D eigenvalue weighted by molar-refractivity contribution is 9.10. The van der Waals surface area contributed by atoms with Gasteiger partial charge in [0.1, 0.15) is 5.60 Å². The molecular formula is C21H26BrN3O3. The van der Waals surface area contributed by atoms with Crippen LogP contribution in [0.3, 0.4) is 0 Å². The van der Waals surface area contributed by atoms with Crippen molar-refractivity contribution in [1.29, 1.82) is 0 Å². The van der Waals surface area contributed by atoms with E-state index in [-0.39, 0.29) is 6.03 Å². The highest BCUT2D eigenvalue weighted by atomic mass is 79.9. The van der Waals surface area contributed by atoms with Gasteiger partial charge in [0.15, 0.2) is 0 Å². The van der Waals surface area contributed by atoms with E-state index in [1.165, 1.54) is 0 Å². The van der Waals surface area contributed by atoms with E-state index in [0.29, 0.717) is 18.8 Å². The zero-order valence-electron chi connectivity index (χ0n) is 16.6. The van der Waals surface area contributed by atoms with Crippen LogP contribution in [0.15, 0.2) is 53.0 Å². The Kier molecular flexibility index (Phi) is 7.45. The lowest BCUT2D eigenvalue weighted by molar-refractivity contribution is 0.0523. The molecule has 3 amide bonds. The number of rotatable bonds is 5. The minimum Gasteiger partial charge on any atom is -0.444 e. The van der Waals surface area contributed by atoms with Crippen LogP contribution in [-0.2, 0) is 17.8 Å². The Balaban J connectivity index is 1.89. The molecule has 0 aliphatic rings. The number of ether oxygens (including phenoxy) is 1. The van der Waals surface area contributed by atoms with Crippen LogP contribution in [0.2, 0.25) is 0 Å². The molecule has 0 aliphatic carbocycles. The third kappa shape index (κ3) is 7.60. The maximum absolute atomic E-state index is 12.4. The Hall–Kier alpha value is -2.54. The first kappa shape index (κ1) is 21.8. The number of nitrogens with zero attached hydrogens (tertiary/aromatic N) is 1. The van der Waals surface area contributed by atoms with Crippen LogP contribution in [-0.4, -0.2) is 29.7 Å². The van der Waals surface area contributed by atoms with Gasteiger partial charge in [0.05, 0.1) is 0 Å². The van der Waals surface area contributed by atoms with Crippen molar-refractivity contribution in [3.63, 3.8) is 0 Å². The van der Waals surface area contributed by atoms with Crippen LogP contribution in [0.5, 0.6) is 0 Å². The van der Waals surface area contributed by atoms with Crippen LogP contribution >= 0.6 is 15.9 Å². The van der Waals surface area contributed by atoms with Crippen molar-refractivity contribution in [3.05, 3.63) is 64.1 Å². The molecule has 0 heterocycles. The van der Waals surface area contributed by atoms with Gasteiger partial charge in [-0.05, 0) is 56.2 Å². The van der Waals surface area contributed by atoms with Crippen LogP contribution < -0.4 is 10.6 Å². The summed E-state index contributed by atoms with van der Waals surface area (Å²) in [6.45, 7) is 6.25. The van der Waals surface area contributed by atoms with Crippen LogP contribution in [0.25, 0.3) is 0 Å². The molecule has 2 aromatic carbocycles. The number of hydrogen-bond donors (Lipinski definition) is 2. The summed E-state index contributed by atoms with van der Waals surface area (Å²) in [6.07, 6.45) is -0.476. The molecule has 2 aromatic rings. The number of nitrogens with one attached hydrogen (secondary N) is 2. The second kappa shape index (κ2) is 9.59. The third-order valence-corrected chi connectivity index (χ3v) is 4.22. The van der Waals surface area contributed by atoms with Gasteiger partial charge in [-0.3, -0.25) is 0 Å². The van der Waals surface area contributed by atoms with E-state index in [1.807, 2.05) is 69.3 Å². The average Bonchev–Trinajstić information content (AvgIpc) is 2.61. The predicted molar refractivity (Wildman–Crippen MR) is 114 cm³/mol. The van der Waals surface area contributed by atoms with Gasteiger partial charge in [-0.25, -0.2) is 9.59 Å². The first-order valence-electron chi connectivity index (χ1n) is 8.95. The molecule has 0 aromatic heterocycles. The Morgan fingerprint density at radius 2 is 1.75 bits per heavy atom. The number of alkyl carbamates (subject to hydrolysis) is 1. The fraction of sp³-hybridized carbons (Fsp3) is 0.333. The fourth-order valence-corrected chi connectivity index (χ4v) is 2.67. The van der Waals surface area contributed by atoms with Gasteiger partial charge in [0, 0.05) is 30.3 Å². The largest absolute Gasteiger partial charge is 0.444 e. The van der Waals surface area contributed by atoms with Gasteiger partial charge >= 0.3 is 12.1 Å². The molecule has 2 rings (SSSR count). The third-order valence-electron chi connectivity index (χ3n) is 3.69. The molecule has 0 aliphatic heterocycles. The lowest BCUT2D eigenvalue weighted by Crippen LogP contribution is -2.32. The maximum Gasteiger partial charge on any atom is 0.407 e. The van der Waals surface area contributed by atoms with Gasteiger partial charge in [0.25, 0.3) is 0 Å². The van der Waals surface area contributed by atoms with E-state index in [2.05, 4.69) is 26.6 Å². The summed E-state index contributed by atoms with van der Waals surface area (Å²) in [5.74, 6) is 0. The number of urea groups is 1. The predicted octanol–water partition coefficient (Wildman–Crippen LogP) is 5.14. The summed E-state index contributed by atoms with van der Waals surface area (Å²) in [4.78, 5) is 25.8. The van der Waals surface area contributed by atoms with Crippen LogP contribution in [0.4, 0.5) is 15.3 Å². The van der Waals surface area contributed by atoms with E-state index in [4.69, 9.17) is 4.74 Å². The van der Waals surface area contributed by atoms with E-state index < -0.39 is 11.7 Å². The molecule has 0 saturated carbocycles. The normalized spacial score (nSPS) is 10.9. The van der Waals surface area contributed by atoms with Gasteiger partial charge in [-0.2, -0.15) is 0 Å². The zero-order valence-corrected chi connectivity index (χ0v) is 18.2. The lowest BCUT2D eigenvalue weighted by atomic mass is 10.2. The SMILES string of the molecule is CN(Cc1ccc(Br)cc1)C(=O)Nc1cccc(CNC(=O)OC(C)(C)C)c1. The van der Waals surface area contributed by atoms with Crippen molar-refractivity contribution < 1.29 is 14.3 Å². The van der Waals surface area contributed by atoms with E-state index >= 15 is 0 Å². The second-order valence-electron chi connectivity index (χ2n) is 7.47. The number of hydrogen-bond acceptors (Lipinski definition) is 3. The summed E-state index contributed by atoms with van der Waals surface area (Å²) in [6, 6.07) is 15.0. The Morgan fingerprint density at radius 1 is 1.07 bits per heavy atom. The fourth-order valence-electron chi connectivity index (χ4n) is 2.40. The van der Waals surface area contributed by atoms with E-state index in [9.17, 15) is 9.59 Å². The number of halogens is 1. The summed E-state index contributed by atoms with van der Waals surface area (Å²) in [7, 11) is 1.74. The van der Waals surface area contributed by atoms with Crippen molar-refractivity contribution in [3.8, 4) is 0 Å². The van der Waals surface area contributed by atoms with Crippen LogP contribution in [0, 0.1) is 0 Å². The molecular weight excluding hydrogens is 422 g/mol. The highest BCUT2D eigenvalue weighted by Gasteiger charge is 2.16. The second-order valence-corrected chi connectivity index (χ2v) is 8.38. The van der Waals surface area contributed by atoms with Crippen molar-refractivity contribution in [2.75, 3.05) is 12.4 Å². The first-order valence-corrected chi connectivity index (χ1v) is 9.74. The topological polar surface area (TPSA) is 70.7 Å². The van der Waals surface area contributed by atoms with Gasteiger partial charge in [-0.15, -0.1) is 0 Å². The summed E-state index contributed by atoms with van der Waals surface area (Å²) < 4.78 is 6.22. The molecule has 6 nitrogen and oxygen atoms in total. The Bertz CT molecular complexity index is 816. The van der Waals surface area contributed by atoms with Crippen molar-refractivity contribution in [2.45, 2.75) is 39.5 Å². The van der Waals surface area contributed by atoms with Gasteiger partial charge in [-0.1, -0.05) is 40.2 Å². The molecule has 0 spiro atoms. The average molecular weight is 448 g/mol. The maximum atomic E-state index is 12.4. The quantitative estimate of drug-likeness (QED) is 0.666. The molecule has 0 radical (unpaired) electrons. The Morgan fingerprint density at radius 3 is 2.39 bits per heavy atom. The van der Waals surface area contributed by atoms with Gasteiger partial charge < -0.3 is 20.3 Å². The summed E-state index contributed by atoms with van der Waals surface area (Å²) >= 11 is 3.40. The lowest BCUT2D eigenvalue weighted by Gasteiger charge is -2.20. The smallest absolute Gasteiger partial charge is 0.407 e. The van der Waals surface area contributed by atoms with Crippen LogP contribution in [0.1, 0.15) is 31.9 Å². The number of amides is 3. The molecule has 150 valence electrons. The minimum atomic E-state index is -0.542. The van der Waals surface area contributed by atoms with Crippen molar-refractivity contribution in [2.24, 2.45) is 0 Å². The number of carbonyl (C=O) groups excluding carboxylic acids is 2. The monoisotopic (exact) mass is 447 g/mol. The Labute approximate surface area is 174 Å². The molecule has 0 atom stereocenters. The number of carbonyl (C=O) groups is 2. The summed E-state index contributed by atoms with van der Waals surface area (Å²) in [5.41, 5.74) is 2.02. The van der Waals surface area contributed by atoms with Crippen molar-refractivity contribution >= 4 is 33.7 Å². The molecule has 0 bridgehead atoms. The molecule has 0 unspecified atom stereocenters. The molecule has 0 fully saturated rings. The van der Waals surface area contributed by atoms with Crippen molar-refractivity contribution in [1.82, 2.24) is 10.2 Å². The molecule has 2 N–H and O–H groups in total. The minimum absolute atomic E-state index is 0.208. The molecule has 28 heavy (non-hydrogen) atoms. The molecule has 7 heteroatoms. The summed E-state index contributed by atoms with van der Waals surface area (Å²) in [5, 5.41) is 5.58. The van der Waals surface area contributed by atoms with E-state index in [0.717, 1.165) is 15.6 Å². The zero-order chi connectivity index (χ0) is 20.7. The van der Waals surface area contributed by atoms with Gasteiger partial charge in [0.2, 0.25) is 0 Å². The standard InChI is InChI=1S/C21H26BrN3O3/c1-21(2,3)28-20(27)23-13-16-6-5-7-18(12-16)24-19(26)25(4)14-15-8-10-17(22)11-9-15/h5-12H,13-14H2,1-4H3,(H,23,27)(H,24,26). The first-order chi connectivity index (χ1) is 13.1. The number of benzene rings is 2.